The molecular formula is C15H24N4O2. The number of nitrogens with two attached hydrogens (primary N) is 1. The fourth-order valence-corrected chi connectivity index (χ4v) is 2.47. The molecule has 0 saturated carbocycles. The number of aryl methyl sites for hydroxylation is 1. The molecule has 0 spiro atoms. The van der Waals surface area contributed by atoms with Gasteiger partial charge in [-0.25, -0.2) is 0 Å². The van der Waals surface area contributed by atoms with Gasteiger partial charge < -0.3 is 15.5 Å². The number of amides is 1. The fourth-order valence-electron chi connectivity index (χ4n) is 2.47. The average molecular weight is 292 g/mol. The van der Waals surface area contributed by atoms with Crippen LogP contribution in [0.25, 0.3) is 0 Å². The van der Waals surface area contributed by atoms with Crippen molar-refractivity contribution in [2.24, 2.45) is 5.84 Å². The van der Waals surface area contributed by atoms with Gasteiger partial charge in [-0.05, 0) is 37.2 Å². The number of carbonyl (C=O) groups is 1. The molecule has 1 unspecified atom stereocenters. The Morgan fingerprint density at radius 3 is 3.00 bits per heavy atom. The lowest BCUT2D eigenvalue weighted by Gasteiger charge is -2.32. The van der Waals surface area contributed by atoms with E-state index in [-0.39, 0.29) is 12.0 Å². The summed E-state index contributed by atoms with van der Waals surface area (Å²) < 4.78 is 5.67. The van der Waals surface area contributed by atoms with Crippen molar-refractivity contribution in [1.29, 1.82) is 0 Å². The topological polar surface area (TPSA) is 79.6 Å². The molecule has 1 aliphatic rings. The molecule has 1 aliphatic heterocycles. The first kappa shape index (κ1) is 15.8. The number of benzene rings is 1. The van der Waals surface area contributed by atoms with Crippen molar-refractivity contribution in [3.63, 3.8) is 0 Å². The van der Waals surface area contributed by atoms with Crippen molar-refractivity contribution in [2.45, 2.75) is 20.0 Å². The van der Waals surface area contributed by atoms with Crippen molar-refractivity contribution in [3.8, 4) is 0 Å². The minimum absolute atomic E-state index is 0.0636. The van der Waals surface area contributed by atoms with Gasteiger partial charge in [0.2, 0.25) is 0 Å². The van der Waals surface area contributed by atoms with Crippen molar-refractivity contribution in [3.05, 3.63) is 29.3 Å². The zero-order chi connectivity index (χ0) is 15.2. The van der Waals surface area contributed by atoms with Crippen molar-refractivity contribution >= 4 is 11.6 Å². The summed E-state index contributed by atoms with van der Waals surface area (Å²) in [6.45, 7) is 8.15. The van der Waals surface area contributed by atoms with Crippen LogP contribution < -0.4 is 16.6 Å². The first-order valence-electron chi connectivity index (χ1n) is 7.33. The highest BCUT2D eigenvalue weighted by atomic mass is 16.5. The molecule has 1 aromatic carbocycles. The van der Waals surface area contributed by atoms with Crippen LogP contribution >= 0.6 is 0 Å². The Morgan fingerprint density at radius 1 is 1.52 bits per heavy atom. The Labute approximate surface area is 125 Å². The molecule has 1 atom stereocenters. The molecular weight excluding hydrogens is 268 g/mol. The second-order valence-corrected chi connectivity index (χ2v) is 5.27. The number of carbonyl (C=O) groups excluding carboxylic acids is 1. The molecule has 1 aromatic rings. The van der Waals surface area contributed by atoms with Gasteiger partial charge >= 0.3 is 0 Å². The number of ether oxygens (including phenoxy) is 1. The number of rotatable bonds is 5. The SMILES string of the molecule is CCN1CCOC(CNC(=O)c2ccc(NN)c(C)c2)C1. The second-order valence-electron chi connectivity index (χ2n) is 5.27. The summed E-state index contributed by atoms with van der Waals surface area (Å²) in [6.07, 6.45) is 0.0636. The maximum atomic E-state index is 12.2. The molecule has 1 amide bonds. The van der Waals surface area contributed by atoms with Crippen LogP contribution in [0.4, 0.5) is 5.69 Å². The lowest BCUT2D eigenvalue weighted by Crippen LogP contribution is -2.47. The standard InChI is InChI=1S/C15H24N4O2/c1-3-19-6-7-21-13(10-19)9-17-15(20)12-4-5-14(18-16)11(2)8-12/h4-5,8,13,18H,3,6-7,9-10,16H2,1-2H3,(H,17,20). The van der Waals surface area contributed by atoms with Gasteiger partial charge in [0.05, 0.1) is 18.4 Å². The highest BCUT2D eigenvalue weighted by Gasteiger charge is 2.20. The Kier molecular flexibility index (Phi) is 5.55. The molecule has 0 aromatic heterocycles. The first-order chi connectivity index (χ1) is 10.1. The molecule has 4 N–H and O–H groups in total. The number of hydrogen-bond donors (Lipinski definition) is 3. The average Bonchev–Trinajstić information content (AvgIpc) is 2.52. The van der Waals surface area contributed by atoms with Gasteiger partial charge in [-0.2, -0.15) is 0 Å². The molecule has 6 heteroatoms. The Morgan fingerprint density at radius 2 is 2.33 bits per heavy atom. The summed E-state index contributed by atoms with van der Waals surface area (Å²) in [7, 11) is 0. The number of nitrogen functional groups attached to an aromatic ring is 1. The molecule has 21 heavy (non-hydrogen) atoms. The third-order valence-corrected chi connectivity index (χ3v) is 3.80. The molecule has 1 fully saturated rings. The maximum Gasteiger partial charge on any atom is 0.251 e. The van der Waals surface area contributed by atoms with E-state index in [0.29, 0.717) is 12.1 Å². The number of likely N-dealkylation sites (N-methyl/N-ethyl adjacent to an activating group) is 1. The van der Waals surface area contributed by atoms with E-state index in [1.54, 1.807) is 12.1 Å². The van der Waals surface area contributed by atoms with E-state index in [2.05, 4.69) is 22.6 Å². The Balaban J connectivity index is 1.88. The smallest absolute Gasteiger partial charge is 0.251 e. The highest BCUT2D eigenvalue weighted by Crippen LogP contribution is 2.15. The Bertz CT molecular complexity index is 493. The van der Waals surface area contributed by atoms with Crippen molar-refractivity contribution in [2.75, 3.05) is 38.2 Å². The fraction of sp³-hybridized carbons (Fsp3) is 0.533. The molecule has 0 bridgehead atoms. The molecule has 6 nitrogen and oxygen atoms in total. The third kappa shape index (κ3) is 4.17. The first-order valence-corrected chi connectivity index (χ1v) is 7.33. The molecule has 2 rings (SSSR count). The van der Waals surface area contributed by atoms with Crippen LogP contribution in [0.5, 0.6) is 0 Å². The van der Waals surface area contributed by atoms with Crippen LogP contribution in [0.2, 0.25) is 0 Å². The summed E-state index contributed by atoms with van der Waals surface area (Å²) >= 11 is 0. The van der Waals surface area contributed by atoms with E-state index in [0.717, 1.165) is 37.5 Å². The Hall–Kier alpha value is -1.63. The minimum atomic E-state index is -0.0844. The van der Waals surface area contributed by atoms with Crippen LogP contribution in [0.15, 0.2) is 18.2 Å². The number of nitrogens with zero attached hydrogens (tertiary/aromatic N) is 1. The van der Waals surface area contributed by atoms with E-state index < -0.39 is 0 Å². The van der Waals surface area contributed by atoms with E-state index >= 15 is 0 Å². The molecule has 0 aliphatic carbocycles. The highest BCUT2D eigenvalue weighted by molar-refractivity contribution is 5.94. The largest absolute Gasteiger partial charge is 0.374 e. The van der Waals surface area contributed by atoms with Gasteiger partial charge in [0.15, 0.2) is 0 Å². The predicted octanol–water partition coefficient (Wildman–Crippen LogP) is 0.731. The minimum Gasteiger partial charge on any atom is -0.374 e. The molecule has 1 heterocycles. The van der Waals surface area contributed by atoms with Gasteiger partial charge in [0.1, 0.15) is 0 Å². The third-order valence-electron chi connectivity index (χ3n) is 3.80. The van der Waals surface area contributed by atoms with Crippen LogP contribution in [-0.2, 0) is 4.74 Å². The van der Waals surface area contributed by atoms with E-state index in [1.165, 1.54) is 0 Å². The van der Waals surface area contributed by atoms with Gasteiger partial charge in [-0.3, -0.25) is 15.5 Å². The summed E-state index contributed by atoms with van der Waals surface area (Å²) in [5.74, 6) is 5.30. The molecule has 0 radical (unpaired) electrons. The van der Waals surface area contributed by atoms with Gasteiger partial charge in [-0.15, -0.1) is 0 Å². The van der Waals surface area contributed by atoms with E-state index in [4.69, 9.17) is 10.6 Å². The van der Waals surface area contributed by atoms with Crippen LogP contribution in [0.1, 0.15) is 22.8 Å². The molecule has 1 saturated heterocycles. The van der Waals surface area contributed by atoms with Gasteiger partial charge in [0.25, 0.3) is 5.91 Å². The zero-order valence-electron chi connectivity index (χ0n) is 12.7. The monoisotopic (exact) mass is 292 g/mol. The second kappa shape index (κ2) is 7.40. The summed E-state index contributed by atoms with van der Waals surface area (Å²) in [5.41, 5.74) is 4.99. The summed E-state index contributed by atoms with van der Waals surface area (Å²) in [4.78, 5) is 14.5. The van der Waals surface area contributed by atoms with Crippen molar-refractivity contribution < 1.29 is 9.53 Å². The van der Waals surface area contributed by atoms with Crippen LogP contribution in [0, 0.1) is 6.92 Å². The summed E-state index contributed by atoms with van der Waals surface area (Å²) in [5, 5.41) is 2.94. The van der Waals surface area contributed by atoms with Gasteiger partial charge in [0, 0.05) is 25.2 Å². The van der Waals surface area contributed by atoms with E-state index in [9.17, 15) is 4.79 Å². The van der Waals surface area contributed by atoms with E-state index in [1.807, 2.05) is 13.0 Å². The van der Waals surface area contributed by atoms with Crippen molar-refractivity contribution in [1.82, 2.24) is 10.2 Å². The lowest BCUT2D eigenvalue weighted by molar-refractivity contribution is -0.0246. The number of hydrogen-bond acceptors (Lipinski definition) is 5. The maximum absolute atomic E-state index is 12.2. The normalized spacial score (nSPS) is 19.3. The summed E-state index contributed by atoms with van der Waals surface area (Å²) in [6, 6.07) is 5.39. The quantitative estimate of drug-likeness (QED) is 0.551. The van der Waals surface area contributed by atoms with Gasteiger partial charge in [-0.1, -0.05) is 6.92 Å². The number of morpholine rings is 1. The zero-order valence-corrected chi connectivity index (χ0v) is 12.7. The number of nitrogens with one attached hydrogen (secondary N) is 2. The number of anilines is 1. The van der Waals surface area contributed by atoms with Crippen LogP contribution in [0.3, 0.4) is 0 Å². The number of hydrazine groups is 1. The lowest BCUT2D eigenvalue weighted by atomic mass is 10.1. The predicted molar refractivity (Wildman–Crippen MR) is 83.2 cm³/mol. The molecule has 116 valence electrons. The van der Waals surface area contributed by atoms with Crippen LogP contribution in [-0.4, -0.2) is 49.7 Å².